The third-order valence-corrected chi connectivity index (χ3v) is 7.34. The lowest BCUT2D eigenvalue weighted by Crippen LogP contribution is -2.49. The van der Waals surface area contributed by atoms with Crippen molar-refractivity contribution in [2.75, 3.05) is 11.1 Å². The molecule has 5 nitrogen and oxygen atoms in total. The molecule has 0 radical (unpaired) electrons. The van der Waals surface area contributed by atoms with Gasteiger partial charge in [-0.3, -0.25) is 9.69 Å². The van der Waals surface area contributed by atoms with Crippen LogP contribution in [-0.4, -0.2) is 28.6 Å². The highest BCUT2D eigenvalue weighted by atomic mass is 35.5. The minimum Gasteiger partial charge on any atom is -0.350 e. The van der Waals surface area contributed by atoms with Gasteiger partial charge in [0.25, 0.3) is 0 Å². The molecule has 170 valence electrons. The van der Waals surface area contributed by atoms with Gasteiger partial charge >= 0.3 is 6.03 Å². The normalized spacial score (nSPS) is 17.6. The van der Waals surface area contributed by atoms with Gasteiger partial charge in [0.2, 0.25) is 5.91 Å². The van der Waals surface area contributed by atoms with Crippen LogP contribution in [0.5, 0.6) is 0 Å². The number of carbonyl (C=O) groups excluding carboxylic acids is 2. The van der Waals surface area contributed by atoms with Crippen LogP contribution in [0.1, 0.15) is 27.6 Å². The van der Waals surface area contributed by atoms with Gasteiger partial charge in [0.15, 0.2) is 0 Å². The molecule has 1 saturated heterocycles. The van der Waals surface area contributed by atoms with Crippen LogP contribution in [0, 0.1) is 13.8 Å². The van der Waals surface area contributed by atoms with Crippen molar-refractivity contribution in [2.24, 2.45) is 0 Å². The van der Waals surface area contributed by atoms with Gasteiger partial charge in [-0.05, 0) is 60.4 Å². The Kier molecular flexibility index (Phi) is 7.26. The van der Waals surface area contributed by atoms with Gasteiger partial charge in [-0.1, -0.05) is 60.1 Å². The molecule has 2 atom stereocenters. The molecule has 2 N–H and O–H groups in total. The van der Waals surface area contributed by atoms with Crippen LogP contribution < -0.4 is 10.6 Å². The first-order valence-corrected chi connectivity index (χ1v) is 12.2. The molecule has 0 spiro atoms. The number of hydrogen-bond donors (Lipinski definition) is 2. The molecule has 33 heavy (non-hydrogen) atoms. The molecule has 0 aromatic heterocycles. The van der Waals surface area contributed by atoms with Crippen molar-refractivity contribution < 1.29 is 9.59 Å². The Balaban J connectivity index is 1.54. The first kappa shape index (κ1) is 23.2. The molecule has 0 saturated carbocycles. The number of hydrogen-bond acceptors (Lipinski definition) is 3. The Labute approximate surface area is 203 Å². The Morgan fingerprint density at radius 3 is 2.42 bits per heavy atom. The first-order valence-electron chi connectivity index (χ1n) is 10.8. The van der Waals surface area contributed by atoms with E-state index in [1.165, 1.54) is 0 Å². The number of nitrogens with one attached hydrogen (secondary N) is 2. The van der Waals surface area contributed by atoms with Crippen molar-refractivity contribution in [3.8, 4) is 0 Å². The molecule has 1 heterocycles. The van der Waals surface area contributed by atoms with Crippen LogP contribution in [0.2, 0.25) is 5.02 Å². The Hall–Kier alpha value is -2.96. The highest BCUT2D eigenvalue weighted by Gasteiger charge is 2.42. The Morgan fingerprint density at radius 2 is 1.73 bits per heavy atom. The fourth-order valence-corrected chi connectivity index (χ4v) is 5.30. The van der Waals surface area contributed by atoms with Crippen molar-refractivity contribution in [3.05, 3.63) is 100 Å². The van der Waals surface area contributed by atoms with Crippen LogP contribution in [0.4, 0.5) is 10.5 Å². The number of amides is 3. The lowest BCUT2D eigenvalue weighted by atomic mass is 10.1. The van der Waals surface area contributed by atoms with E-state index in [-0.39, 0.29) is 17.3 Å². The van der Waals surface area contributed by atoms with Gasteiger partial charge in [0.05, 0.1) is 0 Å². The van der Waals surface area contributed by atoms with Crippen LogP contribution >= 0.6 is 23.4 Å². The SMILES string of the molecule is Cc1ccc(NC(=O)N2[C@H](C(=O)NCc3ccc(Cl)cc3)CS[C@H]2c2ccccc2)cc1C. The summed E-state index contributed by atoms with van der Waals surface area (Å²) in [5, 5.41) is 6.38. The molecular formula is C26H26ClN3O2S. The average Bonchev–Trinajstić information content (AvgIpc) is 3.27. The number of urea groups is 1. The average molecular weight is 480 g/mol. The number of benzene rings is 3. The zero-order valence-corrected chi connectivity index (χ0v) is 20.1. The zero-order valence-electron chi connectivity index (χ0n) is 18.5. The maximum atomic E-state index is 13.4. The molecule has 1 aliphatic rings. The number of thioether (sulfide) groups is 1. The Morgan fingerprint density at radius 1 is 1.00 bits per heavy atom. The molecule has 0 bridgehead atoms. The molecule has 3 aromatic rings. The van der Waals surface area contributed by atoms with E-state index >= 15 is 0 Å². The second-order valence-corrected chi connectivity index (χ2v) is 9.64. The van der Waals surface area contributed by atoms with E-state index < -0.39 is 6.04 Å². The highest BCUT2D eigenvalue weighted by Crippen LogP contribution is 2.41. The second-order valence-electron chi connectivity index (χ2n) is 8.09. The number of carbonyl (C=O) groups is 2. The zero-order chi connectivity index (χ0) is 23.4. The molecule has 1 fully saturated rings. The number of anilines is 1. The molecular weight excluding hydrogens is 454 g/mol. The Bertz CT molecular complexity index is 1140. The summed E-state index contributed by atoms with van der Waals surface area (Å²) in [5.41, 5.74) is 4.91. The third kappa shape index (κ3) is 5.52. The first-order chi connectivity index (χ1) is 15.9. The smallest absolute Gasteiger partial charge is 0.323 e. The fourth-order valence-electron chi connectivity index (χ4n) is 3.75. The quantitative estimate of drug-likeness (QED) is 0.477. The van der Waals surface area contributed by atoms with Crippen LogP contribution in [0.3, 0.4) is 0 Å². The van der Waals surface area contributed by atoms with Gasteiger partial charge in [0, 0.05) is 23.0 Å². The molecule has 0 aliphatic carbocycles. The minimum atomic E-state index is -0.584. The lowest BCUT2D eigenvalue weighted by molar-refractivity contribution is -0.124. The molecule has 3 aromatic carbocycles. The summed E-state index contributed by atoms with van der Waals surface area (Å²) >= 11 is 7.54. The van der Waals surface area contributed by atoms with E-state index in [1.54, 1.807) is 28.8 Å². The van der Waals surface area contributed by atoms with Crippen molar-refractivity contribution >= 4 is 41.0 Å². The summed E-state index contributed by atoms with van der Waals surface area (Å²) in [4.78, 5) is 28.2. The molecule has 1 aliphatic heterocycles. The maximum Gasteiger partial charge on any atom is 0.323 e. The summed E-state index contributed by atoms with van der Waals surface area (Å²) < 4.78 is 0. The lowest BCUT2D eigenvalue weighted by Gasteiger charge is -2.29. The van der Waals surface area contributed by atoms with E-state index in [0.717, 1.165) is 22.3 Å². The fraction of sp³-hybridized carbons (Fsp3) is 0.231. The minimum absolute atomic E-state index is 0.175. The van der Waals surface area contributed by atoms with E-state index in [9.17, 15) is 9.59 Å². The largest absolute Gasteiger partial charge is 0.350 e. The van der Waals surface area contributed by atoms with E-state index in [4.69, 9.17) is 11.6 Å². The number of halogens is 1. The standard InChI is InChI=1S/C26H26ClN3O2S/c1-17-8-13-22(14-18(17)2)29-26(32)30-23(16-33-25(30)20-6-4-3-5-7-20)24(31)28-15-19-9-11-21(27)12-10-19/h3-14,23,25H,15-16H2,1-2H3,(H,28,31)(H,29,32)/t23-,25-/m0/s1. The summed E-state index contributed by atoms with van der Waals surface area (Å²) in [7, 11) is 0. The third-order valence-electron chi connectivity index (χ3n) is 5.76. The van der Waals surface area contributed by atoms with Crippen molar-refractivity contribution in [1.82, 2.24) is 10.2 Å². The van der Waals surface area contributed by atoms with Gasteiger partial charge in [0.1, 0.15) is 11.4 Å². The molecule has 3 amide bonds. The second kappa shape index (κ2) is 10.3. The summed E-state index contributed by atoms with van der Waals surface area (Å²) in [6, 6.07) is 22.1. The van der Waals surface area contributed by atoms with Gasteiger partial charge in [-0.15, -0.1) is 11.8 Å². The van der Waals surface area contributed by atoms with E-state index in [2.05, 4.69) is 10.6 Å². The van der Waals surface area contributed by atoms with E-state index in [0.29, 0.717) is 23.0 Å². The number of rotatable bonds is 5. The van der Waals surface area contributed by atoms with Crippen LogP contribution in [-0.2, 0) is 11.3 Å². The van der Waals surface area contributed by atoms with E-state index in [1.807, 2.05) is 74.5 Å². The monoisotopic (exact) mass is 479 g/mol. The van der Waals surface area contributed by atoms with Crippen LogP contribution in [0.25, 0.3) is 0 Å². The maximum absolute atomic E-state index is 13.4. The highest BCUT2D eigenvalue weighted by molar-refractivity contribution is 7.99. The molecule has 7 heteroatoms. The molecule has 4 rings (SSSR count). The van der Waals surface area contributed by atoms with Crippen molar-refractivity contribution in [3.63, 3.8) is 0 Å². The van der Waals surface area contributed by atoms with Crippen LogP contribution in [0.15, 0.2) is 72.8 Å². The topological polar surface area (TPSA) is 61.4 Å². The summed E-state index contributed by atoms with van der Waals surface area (Å²) in [6.07, 6.45) is 0. The number of nitrogens with zero attached hydrogens (tertiary/aromatic N) is 1. The predicted molar refractivity (Wildman–Crippen MR) is 136 cm³/mol. The number of aryl methyl sites for hydroxylation is 2. The molecule has 0 unspecified atom stereocenters. The summed E-state index contributed by atoms with van der Waals surface area (Å²) in [5.74, 6) is 0.345. The predicted octanol–water partition coefficient (Wildman–Crippen LogP) is 5.92. The summed E-state index contributed by atoms with van der Waals surface area (Å²) in [6.45, 7) is 4.42. The van der Waals surface area contributed by atoms with Crippen molar-refractivity contribution in [2.45, 2.75) is 31.8 Å². The van der Waals surface area contributed by atoms with Crippen molar-refractivity contribution in [1.29, 1.82) is 0 Å². The van der Waals surface area contributed by atoms with Gasteiger partial charge in [-0.25, -0.2) is 4.79 Å². The van der Waals surface area contributed by atoms with Gasteiger partial charge < -0.3 is 10.6 Å². The van der Waals surface area contributed by atoms with Gasteiger partial charge in [-0.2, -0.15) is 0 Å².